The summed E-state index contributed by atoms with van der Waals surface area (Å²) in [4.78, 5) is 6.02. The summed E-state index contributed by atoms with van der Waals surface area (Å²) < 4.78 is 19.1. The molecule has 1 fully saturated rings. The number of nitrogens with zero attached hydrogens (tertiary/aromatic N) is 2. The van der Waals surface area contributed by atoms with E-state index in [-0.39, 0.29) is 11.1 Å². The molecule has 1 saturated heterocycles. The average molecular weight is 380 g/mol. The Morgan fingerprint density at radius 3 is 2.84 bits per heavy atom. The van der Waals surface area contributed by atoms with Crippen molar-refractivity contribution in [1.29, 1.82) is 0 Å². The Morgan fingerprint density at radius 1 is 1.36 bits per heavy atom. The Hall–Kier alpha value is -1.76. The molecule has 1 N–H and O–H groups in total. The average Bonchev–Trinajstić information content (AvgIpc) is 3.11. The molecule has 0 bridgehead atoms. The molecule has 132 valence electrons. The molecule has 0 amide bonds. The highest BCUT2D eigenvalue weighted by molar-refractivity contribution is 7.80. The molecule has 1 aliphatic heterocycles. The number of pyridine rings is 1. The first kappa shape index (κ1) is 18.0. The van der Waals surface area contributed by atoms with Gasteiger partial charge in [0.25, 0.3) is 0 Å². The summed E-state index contributed by atoms with van der Waals surface area (Å²) in [6.07, 6.45) is 5.63. The quantitative estimate of drug-likeness (QED) is 0.786. The molecule has 0 saturated carbocycles. The van der Waals surface area contributed by atoms with Gasteiger partial charge in [0.1, 0.15) is 5.82 Å². The maximum absolute atomic E-state index is 13.4. The third-order valence-electron chi connectivity index (χ3n) is 4.02. The maximum atomic E-state index is 13.4. The standard InChI is InChI=1S/C18H19ClFN3OS/c19-16-10-13(3-4-17(16)20)11-23(12-15-2-1-9-24-15)18(25)22-14-5-7-21-8-6-14/h3-8,10,15H,1-2,9,11-12H2,(H,21,22,25). The summed E-state index contributed by atoms with van der Waals surface area (Å²) >= 11 is 11.5. The first-order chi connectivity index (χ1) is 12.1. The summed E-state index contributed by atoms with van der Waals surface area (Å²) in [6.45, 7) is 1.98. The molecule has 7 heteroatoms. The van der Waals surface area contributed by atoms with Crippen molar-refractivity contribution in [2.45, 2.75) is 25.5 Å². The van der Waals surface area contributed by atoms with Crippen LogP contribution < -0.4 is 5.32 Å². The number of thiocarbonyl (C=S) groups is 1. The van der Waals surface area contributed by atoms with Gasteiger partial charge in [-0.15, -0.1) is 0 Å². The van der Waals surface area contributed by atoms with Crippen molar-refractivity contribution in [1.82, 2.24) is 9.88 Å². The molecular weight excluding hydrogens is 361 g/mol. The number of halogens is 2. The molecule has 1 aromatic heterocycles. The van der Waals surface area contributed by atoms with Gasteiger partial charge in [0.2, 0.25) is 0 Å². The van der Waals surface area contributed by atoms with Crippen molar-refractivity contribution >= 4 is 34.6 Å². The Morgan fingerprint density at radius 2 is 2.16 bits per heavy atom. The van der Waals surface area contributed by atoms with Crippen molar-refractivity contribution in [2.24, 2.45) is 0 Å². The highest BCUT2D eigenvalue weighted by Crippen LogP contribution is 2.20. The normalized spacial score (nSPS) is 16.6. The largest absolute Gasteiger partial charge is 0.376 e. The molecule has 1 aliphatic rings. The Labute approximate surface area is 157 Å². The summed E-state index contributed by atoms with van der Waals surface area (Å²) in [5.74, 6) is -0.423. The van der Waals surface area contributed by atoms with Crippen molar-refractivity contribution in [3.05, 3.63) is 59.1 Å². The lowest BCUT2D eigenvalue weighted by Gasteiger charge is -2.28. The van der Waals surface area contributed by atoms with Crippen LogP contribution in [0, 0.1) is 5.82 Å². The van der Waals surface area contributed by atoms with Crippen molar-refractivity contribution < 1.29 is 9.13 Å². The van der Waals surface area contributed by atoms with Crippen LogP contribution in [-0.4, -0.2) is 34.3 Å². The predicted octanol–water partition coefficient (Wildman–Crippen LogP) is 4.25. The van der Waals surface area contributed by atoms with Crippen LogP contribution in [0.1, 0.15) is 18.4 Å². The second-order valence-corrected chi connectivity index (χ2v) is 6.72. The zero-order valence-electron chi connectivity index (χ0n) is 13.6. The minimum absolute atomic E-state index is 0.113. The first-order valence-corrected chi connectivity index (χ1v) is 8.92. The van der Waals surface area contributed by atoms with Crippen molar-refractivity contribution in [3.63, 3.8) is 0 Å². The first-order valence-electron chi connectivity index (χ1n) is 8.13. The van der Waals surface area contributed by atoms with Crippen LogP contribution >= 0.6 is 23.8 Å². The second kappa shape index (κ2) is 8.56. The molecular formula is C18H19ClFN3OS. The molecule has 0 radical (unpaired) electrons. The number of hydrogen-bond acceptors (Lipinski definition) is 3. The SMILES string of the molecule is Fc1ccc(CN(CC2CCCO2)C(=S)Nc2ccncc2)cc1Cl. The van der Waals surface area contributed by atoms with Gasteiger partial charge in [-0.1, -0.05) is 17.7 Å². The zero-order valence-corrected chi connectivity index (χ0v) is 15.2. The third kappa shape index (κ3) is 5.11. The van der Waals surface area contributed by atoms with E-state index in [0.717, 1.165) is 30.7 Å². The fourth-order valence-corrected chi connectivity index (χ4v) is 3.21. The topological polar surface area (TPSA) is 37.4 Å². The second-order valence-electron chi connectivity index (χ2n) is 5.93. The van der Waals surface area contributed by atoms with E-state index in [2.05, 4.69) is 10.3 Å². The summed E-state index contributed by atoms with van der Waals surface area (Å²) in [7, 11) is 0. The number of aromatic nitrogens is 1. The van der Waals surface area contributed by atoms with Gasteiger partial charge in [-0.05, 0) is 54.9 Å². The minimum Gasteiger partial charge on any atom is -0.376 e. The van der Waals surface area contributed by atoms with E-state index in [0.29, 0.717) is 18.2 Å². The fraction of sp³-hybridized carbons (Fsp3) is 0.333. The van der Waals surface area contributed by atoms with E-state index in [4.69, 9.17) is 28.6 Å². The zero-order chi connectivity index (χ0) is 17.6. The van der Waals surface area contributed by atoms with Gasteiger partial charge in [0, 0.05) is 37.8 Å². The van der Waals surface area contributed by atoms with E-state index in [1.54, 1.807) is 24.5 Å². The number of ether oxygens (including phenoxy) is 1. The predicted molar refractivity (Wildman–Crippen MR) is 101 cm³/mol. The van der Waals surface area contributed by atoms with Gasteiger partial charge in [-0.25, -0.2) is 4.39 Å². The van der Waals surface area contributed by atoms with E-state index in [9.17, 15) is 4.39 Å². The number of hydrogen-bond donors (Lipinski definition) is 1. The molecule has 1 atom stereocenters. The van der Waals surface area contributed by atoms with E-state index < -0.39 is 5.82 Å². The maximum Gasteiger partial charge on any atom is 0.173 e. The highest BCUT2D eigenvalue weighted by atomic mass is 35.5. The fourth-order valence-electron chi connectivity index (χ4n) is 2.75. The summed E-state index contributed by atoms with van der Waals surface area (Å²) in [5.41, 5.74) is 1.76. The molecule has 25 heavy (non-hydrogen) atoms. The van der Waals surface area contributed by atoms with Crippen LogP contribution in [0.3, 0.4) is 0 Å². The van der Waals surface area contributed by atoms with E-state index in [1.807, 2.05) is 17.0 Å². The van der Waals surface area contributed by atoms with Gasteiger partial charge in [-0.3, -0.25) is 4.98 Å². The molecule has 1 unspecified atom stereocenters. The third-order valence-corrected chi connectivity index (χ3v) is 4.67. The Kier molecular flexibility index (Phi) is 6.18. The Balaban J connectivity index is 1.73. The van der Waals surface area contributed by atoms with Gasteiger partial charge in [0.15, 0.2) is 5.11 Å². The van der Waals surface area contributed by atoms with E-state index in [1.165, 1.54) is 6.07 Å². The molecule has 2 heterocycles. The molecule has 1 aromatic carbocycles. The van der Waals surface area contributed by atoms with Gasteiger partial charge >= 0.3 is 0 Å². The van der Waals surface area contributed by atoms with Gasteiger partial charge < -0.3 is 15.0 Å². The molecule has 0 spiro atoms. The van der Waals surface area contributed by atoms with Crippen LogP contribution in [0.2, 0.25) is 5.02 Å². The summed E-state index contributed by atoms with van der Waals surface area (Å²) in [5, 5.41) is 3.92. The van der Waals surface area contributed by atoms with Crippen LogP contribution in [0.4, 0.5) is 10.1 Å². The van der Waals surface area contributed by atoms with Crippen LogP contribution in [0.15, 0.2) is 42.7 Å². The minimum atomic E-state index is -0.423. The number of benzene rings is 1. The number of rotatable bonds is 5. The van der Waals surface area contributed by atoms with Crippen molar-refractivity contribution in [2.75, 3.05) is 18.5 Å². The number of anilines is 1. The highest BCUT2D eigenvalue weighted by Gasteiger charge is 2.21. The molecule has 4 nitrogen and oxygen atoms in total. The molecule has 2 aromatic rings. The Bertz CT molecular complexity index is 726. The monoisotopic (exact) mass is 379 g/mol. The lowest BCUT2D eigenvalue weighted by Crippen LogP contribution is -2.39. The molecule has 3 rings (SSSR count). The van der Waals surface area contributed by atoms with Gasteiger partial charge in [-0.2, -0.15) is 0 Å². The van der Waals surface area contributed by atoms with Gasteiger partial charge in [0.05, 0.1) is 11.1 Å². The van der Waals surface area contributed by atoms with Crippen LogP contribution in [-0.2, 0) is 11.3 Å². The molecule has 0 aliphatic carbocycles. The lowest BCUT2D eigenvalue weighted by molar-refractivity contribution is 0.0905. The number of nitrogens with one attached hydrogen (secondary N) is 1. The van der Waals surface area contributed by atoms with Crippen LogP contribution in [0.25, 0.3) is 0 Å². The van der Waals surface area contributed by atoms with Crippen LogP contribution in [0.5, 0.6) is 0 Å². The van der Waals surface area contributed by atoms with Crippen molar-refractivity contribution in [3.8, 4) is 0 Å². The summed E-state index contributed by atoms with van der Waals surface area (Å²) in [6, 6.07) is 8.44. The van der Waals surface area contributed by atoms with E-state index >= 15 is 0 Å². The smallest absolute Gasteiger partial charge is 0.173 e. The lowest BCUT2D eigenvalue weighted by atomic mass is 10.2.